The van der Waals surface area contributed by atoms with Gasteiger partial charge in [0.25, 0.3) is 0 Å². The minimum atomic E-state index is -1.10. The molecule has 19 heavy (non-hydrogen) atoms. The van der Waals surface area contributed by atoms with Crippen molar-refractivity contribution in [3.05, 3.63) is 40.8 Å². The van der Waals surface area contributed by atoms with Crippen molar-refractivity contribution < 1.29 is 14.3 Å². The molecule has 3 aromatic heterocycles. The first-order valence-corrected chi connectivity index (χ1v) is 6.04. The van der Waals surface area contributed by atoms with Gasteiger partial charge in [-0.15, -0.1) is 0 Å². The lowest BCUT2D eigenvalue weighted by molar-refractivity contribution is 0.0691. The van der Waals surface area contributed by atoms with E-state index in [9.17, 15) is 4.79 Å². The lowest BCUT2D eigenvalue weighted by atomic mass is 10.3. The van der Waals surface area contributed by atoms with Gasteiger partial charge in [0, 0.05) is 16.9 Å². The number of carbonyl (C=O) groups is 1. The van der Waals surface area contributed by atoms with Crippen LogP contribution in [0.25, 0.3) is 22.7 Å². The Morgan fingerprint density at radius 2 is 2.11 bits per heavy atom. The van der Waals surface area contributed by atoms with Gasteiger partial charge in [0.2, 0.25) is 5.89 Å². The van der Waals surface area contributed by atoms with Crippen LogP contribution in [0.4, 0.5) is 0 Å². The van der Waals surface area contributed by atoms with E-state index < -0.39 is 5.97 Å². The number of hydrogen-bond acceptors (Lipinski definition) is 5. The molecule has 0 aliphatic carbocycles. The van der Waals surface area contributed by atoms with E-state index in [1.807, 2.05) is 0 Å². The Balaban J connectivity index is 2.14. The molecule has 0 aromatic carbocycles. The number of hydrogen-bond donors (Lipinski definition) is 1. The molecule has 7 heteroatoms. The SMILES string of the molecule is O=C(O)c1ccc2oc(-c3cncc(Br)c3)nc2n1. The highest BCUT2D eigenvalue weighted by Gasteiger charge is 2.12. The van der Waals surface area contributed by atoms with Crippen LogP contribution >= 0.6 is 15.9 Å². The van der Waals surface area contributed by atoms with Gasteiger partial charge < -0.3 is 9.52 Å². The van der Waals surface area contributed by atoms with Gasteiger partial charge in [0.15, 0.2) is 16.9 Å². The van der Waals surface area contributed by atoms with Gasteiger partial charge in [0.1, 0.15) is 0 Å². The fraction of sp³-hybridized carbons (Fsp3) is 0. The van der Waals surface area contributed by atoms with E-state index in [-0.39, 0.29) is 11.3 Å². The van der Waals surface area contributed by atoms with Crippen LogP contribution in [-0.4, -0.2) is 26.0 Å². The van der Waals surface area contributed by atoms with E-state index in [0.29, 0.717) is 17.0 Å². The molecule has 0 radical (unpaired) electrons. The molecule has 0 saturated heterocycles. The average Bonchev–Trinajstić information content (AvgIpc) is 2.81. The summed E-state index contributed by atoms with van der Waals surface area (Å²) in [4.78, 5) is 22.9. The van der Waals surface area contributed by atoms with E-state index in [0.717, 1.165) is 4.47 Å². The van der Waals surface area contributed by atoms with Crippen molar-refractivity contribution in [3.8, 4) is 11.5 Å². The van der Waals surface area contributed by atoms with Crippen LogP contribution in [0.15, 0.2) is 39.5 Å². The molecule has 0 unspecified atom stereocenters. The van der Waals surface area contributed by atoms with Crippen molar-refractivity contribution in [3.63, 3.8) is 0 Å². The Morgan fingerprint density at radius 3 is 2.84 bits per heavy atom. The van der Waals surface area contributed by atoms with Gasteiger partial charge in [-0.1, -0.05) is 0 Å². The molecule has 3 rings (SSSR count). The second kappa shape index (κ2) is 4.43. The molecule has 94 valence electrons. The molecular weight excluding hydrogens is 314 g/mol. The van der Waals surface area contributed by atoms with E-state index in [1.165, 1.54) is 12.1 Å². The monoisotopic (exact) mass is 319 g/mol. The standard InChI is InChI=1S/C12H6BrN3O3/c13-7-3-6(4-14-5-7)11-16-10-9(19-11)2-1-8(15-10)12(17)18/h1-5H,(H,17,18). The van der Waals surface area contributed by atoms with Gasteiger partial charge in [-0.05, 0) is 34.1 Å². The van der Waals surface area contributed by atoms with Crippen molar-refractivity contribution >= 4 is 33.1 Å². The first-order chi connectivity index (χ1) is 9.13. The van der Waals surface area contributed by atoms with E-state index in [4.69, 9.17) is 9.52 Å². The molecule has 3 heterocycles. The number of fused-ring (bicyclic) bond motifs is 1. The maximum Gasteiger partial charge on any atom is 0.354 e. The molecule has 6 nitrogen and oxygen atoms in total. The summed E-state index contributed by atoms with van der Waals surface area (Å²) in [7, 11) is 0. The summed E-state index contributed by atoms with van der Waals surface area (Å²) < 4.78 is 6.31. The second-order valence-corrected chi connectivity index (χ2v) is 4.65. The summed E-state index contributed by atoms with van der Waals surface area (Å²) in [6, 6.07) is 4.71. The van der Waals surface area contributed by atoms with Gasteiger partial charge in [0.05, 0.1) is 5.56 Å². The fourth-order valence-electron chi connectivity index (χ4n) is 1.59. The molecule has 0 fully saturated rings. The van der Waals surface area contributed by atoms with Gasteiger partial charge in [-0.3, -0.25) is 4.98 Å². The van der Waals surface area contributed by atoms with E-state index in [2.05, 4.69) is 30.9 Å². The summed E-state index contributed by atoms with van der Waals surface area (Å²) >= 11 is 3.31. The van der Waals surface area contributed by atoms with Gasteiger partial charge >= 0.3 is 5.97 Å². The second-order valence-electron chi connectivity index (χ2n) is 3.73. The number of aromatic nitrogens is 3. The van der Waals surface area contributed by atoms with Crippen LogP contribution in [0.2, 0.25) is 0 Å². The first kappa shape index (κ1) is 11.8. The summed E-state index contributed by atoms with van der Waals surface area (Å²) in [5.74, 6) is -0.755. The minimum absolute atomic E-state index is 0.0697. The number of carboxylic acids is 1. The molecule has 0 saturated carbocycles. The van der Waals surface area contributed by atoms with Crippen molar-refractivity contribution in [2.75, 3.05) is 0 Å². The first-order valence-electron chi connectivity index (χ1n) is 5.25. The Labute approximate surface area is 115 Å². The highest BCUT2D eigenvalue weighted by atomic mass is 79.9. The number of rotatable bonds is 2. The number of carboxylic acid groups (broad SMARTS) is 1. The van der Waals surface area contributed by atoms with Crippen LogP contribution < -0.4 is 0 Å². The smallest absolute Gasteiger partial charge is 0.354 e. The Morgan fingerprint density at radius 1 is 1.26 bits per heavy atom. The van der Waals surface area contributed by atoms with Gasteiger partial charge in [-0.2, -0.15) is 4.98 Å². The molecule has 0 spiro atoms. The van der Waals surface area contributed by atoms with Crippen molar-refractivity contribution in [1.82, 2.24) is 15.0 Å². The molecule has 0 amide bonds. The summed E-state index contributed by atoms with van der Waals surface area (Å²) in [6.45, 7) is 0. The maximum atomic E-state index is 10.8. The number of pyridine rings is 2. The predicted octanol–water partition coefficient (Wildman–Crippen LogP) is 2.75. The molecule has 0 bridgehead atoms. The number of halogens is 1. The largest absolute Gasteiger partial charge is 0.477 e. The maximum absolute atomic E-state index is 10.8. The Kier molecular flexibility index (Phi) is 2.75. The zero-order valence-electron chi connectivity index (χ0n) is 9.37. The molecule has 3 aromatic rings. The predicted molar refractivity (Wildman–Crippen MR) is 69.7 cm³/mol. The van der Waals surface area contributed by atoms with Crippen molar-refractivity contribution in [1.29, 1.82) is 0 Å². The zero-order valence-corrected chi connectivity index (χ0v) is 11.0. The van der Waals surface area contributed by atoms with Crippen LogP contribution in [0.1, 0.15) is 10.5 Å². The third-order valence-electron chi connectivity index (χ3n) is 2.42. The summed E-state index contributed by atoms with van der Waals surface area (Å²) in [6.07, 6.45) is 3.25. The van der Waals surface area contributed by atoms with E-state index >= 15 is 0 Å². The lowest BCUT2D eigenvalue weighted by Gasteiger charge is -1.93. The average molecular weight is 320 g/mol. The fourth-order valence-corrected chi connectivity index (χ4v) is 1.95. The topological polar surface area (TPSA) is 89.1 Å². The molecular formula is C12H6BrN3O3. The summed E-state index contributed by atoms with van der Waals surface area (Å²) in [5, 5.41) is 8.87. The number of nitrogens with zero attached hydrogens (tertiary/aromatic N) is 3. The molecule has 1 N–H and O–H groups in total. The molecule has 0 aliphatic rings. The lowest BCUT2D eigenvalue weighted by Crippen LogP contribution is -1.99. The van der Waals surface area contributed by atoms with Crippen LogP contribution in [0.5, 0.6) is 0 Å². The highest BCUT2D eigenvalue weighted by Crippen LogP contribution is 2.24. The van der Waals surface area contributed by atoms with Gasteiger partial charge in [-0.25, -0.2) is 9.78 Å². The number of oxazole rings is 1. The van der Waals surface area contributed by atoms with Crippen LogP contribution in [0, 0.1) is 0 Å². The zero-order chi connectivity index (χ0) is 13.4. The quantitative estimate of drug-likeness (QED) is 0.781. The van der Waals surface area contributed by atoms with Crippen LogP contribution in [0.3, 0.4) is 0 Å². The normalized spacial score (nSPS) is 10.8. The van der Waals surface area contributed by atoms with Crippen LogP contribution in [-0.2, 0) is 0 Å². The third-order valence-corrected chi connectivity index (χ3v) is 2.86. The summed E-state index contributed by atoms with van der Waals surface area (Å²) in [5.41, 5.74) is 1.30. The Hall–Kier alpha value is -2.28. The third kappa shape index (κ3) is 2.19. The molecule has 0 aliphatic heterocycles. The van der Waals surface area contributed by atoms with Crippen molar-refractivity contribution in [2.24, 2.45) is 0 Å². The highest BCUT2D eigenvalue weighted by molar-refractivity contribution is 9.10. The molecule has 0 atom stereocenters. The minimum Gasteiger partial charge on any atom is -0.477 e. The Bertz CT molecular complexity index is 785. The van der Waals surface area contributed by atoms with Crippen molar-refractivity contribution in [2.45, 2.75) is 0 Å². The number of aromatic carboxylic acids is 1. The van der Waals surface area contributed by atoms with E-state index in [1.54, 1.807) is 18.5 Å².